The van der Waals surface area contributed by atoms with Crippen LogP contribution in [0.2, 0.25) is 0 Å². The molecule has 0 atom stereocenters. The summed E-state index contributed by atoms with van der Waals surface area (Å²) in [6.07, 6.45) is 0.867. The summed E-state index contributed by atoms with van der Waals surface area (Å²) in [5, 5.41) is 13.8. The summed E-state index contributed by atoms with van der Waals surface area (Å²) in [5.41, 5.74) is 0.478. The molecule has 2 aromatic rings. The van der Waals surface area contributed by atoms with Gasteiger partial charge in [-0.05, 0) is 38.1 Å². The van der Waals surface area contributed by atoms with Gasteiger partial charge in [-0.15, -0.1) is 5.10 Å². The molecule has 0 radical (unpaired) electrons. The van der Waals surface area contributed by atoms with Gasteiger partial charge in [-0.3, -0.25) is 4.79 Å². The van der Waals surface area contributed by atoms with Gasteiger partial charge in [-0.2, -0.15) is 0 Å². The number of alkyl halides is 2. The van der Waals surface area contributed by atoms with Crippen LogP contribution in [0.5, 0.6) is 5.75 Å². The van der Waals surface area contributed by atoms with Gasteiger partial charge in [0.2, 0.25) is 0 Å². The van der Waals surface area contributed by atoms with Crippen molar-refractivity contribution in [3.8, 4) is 5.75 Å². The minimum absolute atomic E-state index is 0.169. The first-order valence-corrected chi connectivity index (χ1v) is 8.07. The quantitative estimate of drug-likeness (QED) is 0.833. The van der Waals surface area contributed by atoms with Crippen LogP contribution in [0.15, 0.2) is 30.5 Å². The van der Waals surface area contributed by atoms with E-state index in [0.717, 1.165) is 25.9 Å². The number of piperidine rings is 1. The van der Waals surface area contributed by atoms with Gasteiger partial charge < -0.3 is 15.4 Å². The molecule has 134 valence electrons. The van der Waals surface area contributed by atoms with Crippen molar-refractivity contribution in [3.05, 3.63) is 36.2 Å². The molecule has 0 spiro atoms. The highest BCUT2D eigenvalue weighted by molar-refractivity contribution is 6.03. The summed E-state index contributed by atoms with van der Waals surface area (Å²) < 4.78 is 31.4. The van der Waals surface area contributed by atoms with Crippen LogP contribution in [0.3, 0.4) is 0 Å². The highest BCUT2D eigenvalue weighted by atomic mass is 19.3. The van der Waals surface area contributed by atoms with E-state index in [1.54, 1.807) is 29.1 Å². The highest BCUT2D eigenvalue weighted by Gasteiger charge is 2.19. The first-order valence-electron chi connectivity index (χ1n) is 8.07. The molecule has 0 unspecified atom stereocenters. The van der Waals surface area contributed by atoms with Crippen molar-refractivity contribution in [3.63, 3.8) is 0 Å². The third-order valence-corrected chi connectivity index (χ3v) is 3.93. The summed E-state index contributed by atoms with van der Waals surface area (Å²) in [6.45, 7) is 1.07. The molecule has 0 saturated carbocycles. The fourth-order valence-corrected chi connectivity index (χ4v) is 2.67. The lowest BCUT2D eigenvalue weighted by Crippen LogP contribution is -2.29. The SMILES string of the molecule is O=C(Nc1ccccc1OCC(F)F)c1cn(C2CCNCC2)nn1. The van der Waals surface area contributed by atoms with Crippen LogP contribution in [0, 0.1) is 0 Å². The number of ether oxygens (including phenoxy) is 1. The maximum atomic E-state index is 12.4. The van der Waals surface area contributed by atoms with E-state index in [9.17, 15) is 13.6 Å². The normalized spacial score (nSPS) is 15.3. The van der Waals surface area contributed by atoms with Gasteiger partial charge in [0.05, 0.1) is 17.9 Å². The largest absolute Gasteiger partial charge is 0.485 e. The zero-order chi connectivity index (χ0) is 17.6. The summed E-state index contributed by atoms with van der Waals surface area (Å²) in [5.74, 6) is -0.282. The molecule has 0 bridgehead atoms. The predicted molar refractivity (Wildman–Crippen MR) is 87.1 cm³/mol. The predicted octanol–water partition coefficient (Wildman–Crippen LogP) is 2.10. The Balaban J connectivity index is 1.67. The number of hydrogen-bond acceptors (Lipinski definition) is 5. The van der Waals surface area contributed by atoms with Crippen LogP contribution in [-0.4, -0.2) is 47.0 Å². The van der Waals surface area contributed by atoms with Crippen LogP contribution in [-0.2, 0) is 0 Å². The lowest BCUT2D eigenvalue weighted by molar-refractivity contribution is 0.0822. The van der Waals surface area contributed by atoms with Gasteiger partial charge in [-0.1, -0.05) is 17.3 Å². The fourth-order valence-electron chi connectivity index (χ4n) is 2.67. The molecule has 1 aromatic heterocycles. The Hall–Kier alpha value is -2.55. The van der Waals surface area contributed by atoms with Crippen molar-refractivity contribution in [2.45, 2.75) is 25.3 Å². The highest BCUT2D eigenvalue weighted by Crippen LogP contribution is 2.25. The van der Waals surface area contributed by atoms with E-state index in [-0.39, 0.29) is 17.5 Å². The molecule has 1 amide bonds. The van der Waals surface area contributed by atoms with Crippen molar-refractivity contribution in [2.75, 3.05) is 25.0 Å². The Morgan fingerprint density at radius 1 is 1.36 bits per heavy atom. The van der Waals surface area contributed by atoms with E-state index >= 15 is 0 Å². The number of benzene rings is 1. The molecular weight excluding hydrogens is 332 g/mol. The first kappa shape index (κ1) is 17.3. The second-order valence-corrected chi connectivity index (χ2v) is 5.72. The molecular formula is C16H19F2N5O2. The Morgan fingerprint density at radius 2 is 2.12 bits per heavy atom. The topological polar surface area (TPSA) is 81.1 Å². The second-order valence-electron chi connectivity index (χ2n) is 5.72. The lowest BCUT2D eigenvalue weighted by atomic mass is 10.1. The van der Waals surface area contributed by atoms with Crippen molar-refractivity contribution >= 4 is 11.6 Å². The van der Waals surface area contributed by atoms with Crippen LogP contribution >= 0.6 is 0 Å². The van der Waals surface area contributed by atoms with Crippen molar-refractivity contribution < 1.29 is 18.3 Å². The summed E-state index contributed by atoms with van der Waals surface area (Å²) in [4.78, 5) is 12.4. The summed E-state index contributed by atoms with van der Waals surface area (Å²) >= 11 is 0. The first-order chi connectivity index (χ1) is 12.1. The smallest absolute Gasteiger partial charge is 0.277 e. The molecule has 0 aliphatic carbocycles. The van der Waals surface area contributed by atoms with E-state index < -0.39 is 18.9 Å². The van der Waals surface area contributed by atoms with Gasteiger partial charge >= 0.3 is 0 Å². The van der Waals surface area contributed by atoms with Crippen molar-refractivity contribution in [1.29, 1.82) is 0 Å². The fraction of sp³-hybridized carbons (Fsp3) is 0.438. The number of halogens is 2. The number of hydrogen-bond donors (Lipinski definition) is 2. The molecule has 1 aliphatic heterocycles. The number of rotatable bonds is 6. The number of nitrogens with zero attached hydrogens (tertiary/aromatic N) is 3. The van der Waals surface area contributed by atoms with E-state index in [1.807, 2.05) is 0 Å². The van der Waals surface area contributed by atoms with Crippen LogP contribution in [0.4, 0.5) is 14.5 Å². The van der Waals surface area contributed by atoms with E-state index in [0.29, 0.717) is 5.69 Å². The number of carbonyl (C=O) groups is 1. The monoisotopic (exact) mass is 351 g/mol. The number of carbonyl (C=O) groups excluding carboxylic acids is 1. The van der Waals surface area contributed by atoms with Crippen molar-refractivity contribution in [1.82, 2.24) is 20.3 Å². The molecule has 1 aliphatic rings. The molecule has 9 heteroatoms. The molecule has 3 rings (SSSR count). The lowest BCUT2D eigenvalue weighted by Gasteiger charge is -2.22. The number of para-hydroxylation sites is 2. The minimum atomic E-state index is -2.59. The Morgan fingerprint density at radius 3 is 2.88 bits per heavy atom. The number of amides is 1. The molecule has 1 aromatic carbocycles. The Labute approximate surface area is 143 Å². The number of nitrogens with one attached hydrogen (secondary N) is 2. The number of anilines is 1. The van der Waals surface area contributed by atoms with Gasteiger partial charge in [0.15, 0.2) is 5.69 Å². The molecule has 1 fully saturated rings. The average Bonchev–Trinajstić information content (AvgIpc) is 3.12. The van der Waals surface area contributed by atoms with Crippen LogP contribution in [0.25, 0.3) is 0 Å². The van der Waals surface area contributed by atoms with E-state index in [2.05, 4.69) is 20.9 Å². The minimum Gasteiger partial charge on any atom is -0.485 e. The molecule has 2 heterocycles. The van der Waals surface area contributed by atoms with Gasteiger partial charge in [0.25, 0.3) is 12.3 Å². The summed E-state index contributed by atoms with van der Waals surface area (Å²) in [7, 11) is 0. The van der Waals surface area contributed by atoms with Gasteiger partial charge in [0.1, 0.15) is 12.4 Å². The maximum absolute atomic E-state index is 12.4. The van der Waals surface area contributed by atoms with E-state index in [4.69, 9.17) is 4.74 Å². The van der Waals surface area contributed by atoms with Crippen LogP contribution in [0.1, 0.15) is 29.4 Å². The maximum Gasteiger partial charge on any atom is 0.277 e. The van der Waals surface area contributed by atoms with Gasteiger partial charge in [-0.25, -0.2) is 13.5 Å². The van der Waals surface area contributed by atoms with Gasteiger partial charge in [0, 0.05) is 0 Å². The van der Waals surface area contributed by atoms with Crippen molar-refractivity contribution in [2.24, 2.45) is 0 Å². The third-order valence-electron chi connectivity index (χ3n) is 3.93. The average molecular weight is 351 g/mol. The Kier molecular flexibility index (Phi) is 5.54. The van der Waals surface area contributed by atoms with E-state index in [1.165, 1.54) is 6.07 Å². The zero-order valence-electron chi connectivity index (χ0n) is 13.5. The molecule has 1 saturated heterocycles. The summed E-state index contributed by atoms with van der Waals surface area (Å²) in [6, 6.07) is 6.64. The second kappa shape index (κ2) is 8.02. The zero-order valence-corrected chi connectivity index (χ0v) is 13.5. The standard InChI is InChI=1S/C16H19F2N5O2/c17-15(18)10-25-14-4-2-1-3-12(14)20-16(24)13-9-23(22-21-13)11-5-7-19-8-6-11/h1-4,9,11,15,19H,5-8,10H2,(H,20,24). The molecule has 7 nitrogen and oxygen atoms in total. The molecule has 25 heavy (non-hydrogen) atoms. The third kappa shape index (κ3) is 4.50. The molecule has 2 N–H and O–H groups in total. The number of aromatic nitrogens is 3. The van der Waals surface area contributed by atoms with Crippen LogP contribution < -0.4 is 15.4 Å². The Bertz CT molecular complexity index is 716.